The number of aromatic nitrogens is 1. The fraction of sp³-hybridized carbons (Fsp3) is 0.176. The van der Waals surface area contributed by atoms with Crippen molar-refractivity contribution >= 4 is 16.6 Å². The monoisotopic (exact) mass is 265 g/mol. The van der Waals surface area contributed by atoms with Gasteiger partial charge < -0.3 is 15.6 Å². The van der Waals surface area contributed by atoms with E-state index in [1.807, 2.05) is 0 Å². The molecule has 102 valence electrons. The van der Waals surface area contributed by atoms with E-state index >= 15 is 0 Å². The van der Waals surface area contributed by atoms with E-state index in [0.29, 0.717) is 6.54 Å². The van der Waals surface area contributed by atoms with Gasteiger partial charge in [0, 0.05) is 37.2 Å². The second-order valence-corrected chi connectivity index (χ2v) is 5.05. The molecule has 20 heavy (non-hydrogen) atoms. The molecule has 0 saturated heterocycles. The van der Waals surface area contributed by atoms with Gasteiger partial charge in [0.05, 0.1) is 5.69 Å². The summed E-state index contributed by atoms with van der Waals surface area (Å²) in [5.74, 6) is 0. The van der Waals surface area contributed by atoms with Crippen LogP contribution >= 0.6 is 0 Å². The summed E-state index contributed by atoms with van der Waals surface area (Å²) in [4.78, 5) is 0. The quantitative estimate of drug-likeness (QED) is 0.760. The van der Waals surface area contributed by atoms with Gasteiger partial charge in [0.1, 0.15) is 0 Å². The van der Waals surface area contributed by atoms with Gasteiger partial charge in [-0.1, -0.05) is 42.5 Å². The minimum absolute atomic E-state index is 0.594. The molecule has 3 aromatic rings. The molecule has 3 nitrogen and oxygen atoms in total. The molecule has 1 aromatic heterocycles. The van der Waals surface area contributed by atoms with Crippen molar-refractivity contribution < 1.29 is 0 Å². The molecule has 0 radical (unpaired) electrons. The van der Waals surface area contributed by atoms with Crippen LogP contribution in [0.3, 0.4) is 0 Å². The summed E-state index contributed by atoms with van der Waals surface area (Å²) < 4.78 is 2.15. The maximum Gasteiger partial charge on any atom is 0.0602 e. The lowest BCUT2D eigenvalue weighted by Crippen LogP contribution is -2.00. The summed E-state index contributed by atoms with van der Waals surface area (Å²) in [5, 5.41) is 4.77. The largest absolute Gasteiger partial charge is 0.379 e. The van der Waals surface area contributed by atoms with Crippen molar-refractivity contribution in [3.8, 4) is 0 Å². The van der Waals surface area contributed by atoms with E-state index in [2.05, 4.69) is 71.7 Å². The molecule has 0 aliphatic carbocycles. The van der Waals surface area contributed by atoms with Gasteiger partial charge in [-0.2, -0.15) is 0 Å². The molecular weight excluding hydrogens is 246 g/mol. The number of rotatable bonds is 4. The van der Waals surface area contributed by atoms with Crippen LogP contribution in [0.4, 0.5) is 5.69 Å². The molecule has 0 saturated carbocycles. The Bertz CT molecular complexity index is 711. The average Bonchev–Trinajstić information content (AvgIpc) is 2.83. The van der Waals surface area contributed by atoms with Crippen LogP contribution in [0.15, 0.2) is 54.7 Å². The molecule has 0 aliphatic rings. The number of nitrogens with zero attached hydrogens (tertiary/aromatic N) is 1. The van der Waals surface area contributed by atoms with Crippen molar-refractivity contribution in [1.29, 1.82) is 0 Å². The SMILES string of the molecule is Cn1cc(NCc2ccc(CN)cc2)c2ccccc21. The topological polar surface area (TPSA) is 43.0 Å². The molecule has 1 heterocycles. The molecule has 2 aromatic carbocycles. The number of aryl methyl sites for hydroxylation is 1. The van der Waals surface area contributed by atoms with Gasteiger partial charge >= 0.3 is 0 Å². The van der Waals surface area contributed by atoms with E-state index in [1.165, 1.54) is 27.7 Å². The zero-order valence-electron chi connectivity index (χ0n) is 11.6. The number of hydrogen-bond acceptors (Lipinski definition) is 2. The van der Waals surface area contributed by atoms with Gasteiger partial charge in [0.25, 0.3) is 0 Å². The molecule has 0 unspecified atom stereocenters. The standard InChI is InChI=1S/C17H19N3/c1-20-12-16(15-4-2-3-5-17(15)20)19-11-14-8-6-13(10-18)7-9-14/h2-9,12,19H,10-11,18H2,1H3. The van der Waals surface area contributed by atoms with Crippen LogP contribution in [0, 0.1) is 0 Å². The first-order valence-electron chi connectivity index (χ1n) is 6.84. The van der Waals surface area contributed by atoms with Crippen molar-refractivity contribution in [2.24, 2.45) is 12.8 Å². The number of fused-ring (bicyclic) bond motifs is 1. The number of nitrogens with one attached hydrogen (secondary N) is 1. The van der Waals surface area contributed by atoms with E-state index in [0.717, 1.165) is 6.54 Å². The predicted molar refractivity (Wildman–Crippen MR) is 84.6 cm³/mol. The maximum absolute atomic E-state index is 5.61. The third-order valence-electron chi connectivity index (χ3n) is 3.64. The summed E-state index contributed by atoms with van der Waals surface area (Å²) in [6.45, 7) is 1.41. The normalized spacial score (nSPS) is 10.9. The predicted octanol–water partition coefficient (Wildman–Crippen LogP) is 3.25. The van der Waals surface area contributed by atoms with Crippen molar-refractivity contribution in [2.75, 3.05) is 5.32 Å². The van der Waals surface area contributed by atoms with Gasteiger partial charge in [0.15, 0.2) is 0 Å². The van der Waals surface area contributed by atoms with Crippen molar-refractivity contribution in [3.63, 3.8) is 0 Å². The van der Waals surface area contributed by atoms with Crippen LogP contribution < -0.4 is 11.1 Å². The summed E-state index contributed by atoms with van der Waals surface area (Å²) in [6.07, 6.45) is 2.14. The maximum atomic E-state index is 5.61. The lowest BCUT2D eigenvalue weighted by atomic mass is 10.1. The Hall–Kier alpha value is -2.26. The molecule has 3 N–H and O–H groups in total. The van der Waals surface area contributed by atoms with Crippen LogP contribution in [-0.4, -0.2) is 4.57 Å². The van der Waals surface area contributed by atoms with Crippen LogP contribution in [-0.2, 0) is 20.1 Å². The fourth-order valence-corrected chi connectivity index (χ4v) is 2.47. The highest BCUT2D eigenvalue weighted by Gasteiger charge is 2.05. The molecule has 0 bridgehead atoms. The Balaban J connectivity index is 1.79. The molecule has 3 heteroatoms. The lowest BCUT2D eigenvalue weighted by Gasteiger charge is -2.06. The first-order valence-corrected chi connectivity index (χ1v) is 6.84. The van der Waals surface area contributed by atoms with Gasteiger partial charge in [-0.3, -0.25) is 0 Å². The summed E-state index contributed by atoms with van der Waals surface area (Å²) in [7, 11) is 2.07. The molecule has 0 aliphatic heterocycles. The van der Waals surface area contributed by atoms with Crippen molar-refractivity contribution in [3.05, 3.63) is 65.9 Å². The Morgan fingerprint density at radius 2 is 1.70 bits per heavy atom. The average molecular weight is 265 g/mol. The summed E-state index contributed by atoms with van der Waals surface area (Å²) in [6, 6.07) is 16.8. The van der Waals surface area contributed by atoms with E-state index in [1.54, 1.807) is 0 Å². The first-order chi connectivity index (χ1) is 9.78. The first kappa shape index (κ1) is 12.8. The Morgan fingerprint density at radius 3 is 2.45 bits per heavy atom. The van der Waals surface area contributed by atoms with Crippen LogP contribution in [0.5, 0.6) is 0 Å². The molecular formula is C17H19N3. The van der Waals surface area contributed by atoms with Crippen molar-refractivity contribution in [2.45, 2.75) is 13.1 Å². The highest BCUT2D eigenvalue weighted by atomic mass is 15.0. The molecule has 0 atom stereocenters. The van der Waals surface area contributed by atoms with E-state index in [4.69, 9.17) is 5.73 Å². The van der Waals surface area contributed by atoms with Gasteiger partial charge in [-0.05, 0) is 17.2 Å². The summed E-state index contributed by atoms with van der Waals surface area (Å²) in [5.41, 5.74) is 10.5. The summed E-state index contributed by atoms with van der Waals surface area (Å²) >= 11 is 0. The zero-order chi connectivity index (χ0) is 13.9. The number of hydrogen-bond donors (Lipinski definition) is 2. The Kier molecular flexibility index (Phi) is 3.44. The number of anilines is 1. The minimum atomic E-state index is 0.594. The van der Waals surface area contributed by atoms with E-state index in [-0.39, 0.29) is 0 Å². The molecule has 3 rings (SSSR count). The third kappa shape index (κ3) is 2.40. The second kappa shape index (κ2) is 5.39. The molecule has 0 spiro atoms. The van der Waals surface area contributed by atoms with E-state index < -0.39 is 0 Å². The molecule has 0 fully saturated rings. The minimum Gasteiger partial charge on any atom is -0.379 e. The van der Waals surface area contributed by atoms with Gasteiger partial charge in [-0.15, -0.1) is 0 Å². The van der Waals surface area contributed by atoms with Gasteiger partial charge in [0.2, 0.25) is 0 Å². The zero-order valence-corrected chi connectivity index (χ0v) is 11.6. The third-order valence-corrected chi connectivity index (χ3v) is 3.64. The molecule has 0 amide bonds. The van der Waals surface area contributed by atoms with E-state index in [9.17, 15) is 0 Å². The van der Waals surface area contributed by atoms with Crippen LogP contribution in [0.25, 0.3) is 10.9 Å². The van der Waals surface area contributed by atoms with Gasteiger partial charge in [-0.25, -0.2) is 0 Å². The van der Waals surface area contributed by atoms with Crippen LogP contribution in [0.2, 0.25) is 0 Å². The fourth-order valence-electron chi connectivity index (χ4n) is 2.47. The lowest BCUT2D eigenvalue weighted by molar-refractivity contribution is 0.967. The Labute approximate surface area is 119 Å². The highest BCUT2D eigenvalue weighted by molar-refractivity contribution is 5.92. The Morgan fingerprint density at radius 1 is 1.00 bits per heavy atom. The smallest absolute Gasteiger partial charge is 0.0602 e. The number of para-hydroxylation sites is 1. The highest BCUT2D eigenvalue weighted by Crippen LogP contribution is 2.25. The second-order valence-electron chi connectivity index (χ2n) is 5.05. The number of nitrogens with two attached hydrogens (primary N) is 1. The number of benzene rings is 2. The van der Waals surface area contributed by atoms with Crippen LogP contribution in [0.1, 0.15) is 11.1 Å². The van der Waals surface area contributed by atoms with Crippen molar-refractivity contribution in [1.82, 2.24) is 4.57 Å².